The molecule has 13 nitrogen and oxygen atoms in total. The summed E-state index contributed by atoms with van der Waals surface area (Å²) >= 11 is 0. The fourth-order valence-corrected chi connectivity index (χ4v) is 9.37. The van der Waals surface area contributed by atoms with Gasteiger partial charge in [-0.05, 0) is 48.5 Å². The summed E-state index contributed by atoms with van der Waals surface area (Å²) in [5, 5.41) is 2.86. The van der Waals surface area contributed by atoms with Crippen LogP contribution in [0.4, 0.5) is 0 Å². The van der Waals surface area contributed by atoms with Crippen molar-refractivity contribution in [3.63, 3.8) is 0 Å². The Hall–Kier alpha value is -3.84. The van der Waals surface area contributed by atoms with Crippen LogP contribution in [-0.2, 0) is 49.4 Å². The number of hydrogen-bond donors (Lipinski definition) is 1. The van der Waals surface area contributed by atoms with Gasteiger partial charge in [0.25, 0.3) is 0 Å². The SMILES string of the molecule is CC[C@H](C(=O)N(C)[C@H](C(=O)C[C@H](C(=O)N(C)[C@@H]([C@@H](C)CC)[C@@H](CC(=O)N1CCC[C@H]1[C@H](OC)[C@@H](C)C(=O)N[C@@H](Cc1ccccc1)C(=O)OC)OC)C(C)C)C(C)C)C(C)C. The first-order valence-corrected chi connectivity index (χ1v) is 22.6. The molecule has 61 heavy (non-hydrogen) atoms. The van der Waals surface area contributed by atoms with Gasteiger partial charge in [-0.1, -0.05) is 106 Å². The van der Waals surface area contributed by atoms with Gasteiger partial charge in [0.1, 0.15) is 6.04 Å². The van der Waals surface area contributed by atoms with E-state index in [4.69, 9.17) is 14.2 Å². The molecule has 10 atom stereocenters. The summed E-state index contributed by atoms with van der Waals surface area (Å²) in [6.45, 7) is 20.0. The van der Waals surface area contributed by atoms with Crippen molar-refractivity contribution >= 4 is 35.4 Å². The third kappa shape index (κ3) is 14.1. The predicted molar refractivity (Wildman–Crippen MR) is 238 cm³/mol. The lowest BCUT2D eigenvalue weighted by Gasteiger charge is -2.41. The molecule has 4 amide bonds. The van der Waals surface area contributed by atoms with Crippen LogP contribution in [0.2, 0.25) is 0 Å². The molecule has 1 aliphatic heterocycles. The third-order valence-corrected chi connectivity index (χ3v) is 13.2. The van der Waals surface area contributed by atoms with Crippen molar-refractivity contribution in [2.24, 2.45) is 41.4 Å². The molecule has 0 saturated carbocycles. The number of likely N-dealkylation sites (N-methyl/N-ethyl adjacent to an activating group) is 2. The molecule has 1 saturated heterocycles. The summed E-state index contributed by atoms with van der Waals surface area (Å²) in [5.74, 6) is -3.35. The Labute approximate surface area is 367 Å². The van der Waals surface area contributed by atoms with E-state index in [1.165, 1.54) is 14.2 Å². The highest BCUT2D eigenvalue weighted by Gasteiger charge is 2.44. The number of rotatable bonds is 25. The zero-order valence-corrected chi connectivity index (χ0v) is 40.1. The summed E-state index contributed by atoms with van der Waals surface area (Å²) in [4.78, 5) is 88.2. The Morgan fingerprint density at radius 3 is 1.85 bits per heavy atom. The van der Waals surface area contributed by atoms with E-state index in [1.807, 2.05) is 92.6 Å². The van der Waals surface area contributed by atoms with Gasteiger partial charge in [-0.3, -0.25) is 24.0 Å². The highest BCUT2D eigenvalue weighted by molar-refractivity contribution is 5.93. The Morgan fingerprint density at radius 2 is 1.36 bits per heavy atom. The average molecular weight is 857 g/mol. The van der Waals surface area contributed by atoms with Crippen molar-refractivity contribution in [1.29, 1.82) is 0 Å². The first kappa shape index (κ1) is 53.3. The van der Waals surface area contributed by atoms with Gasteiger partial charge >= 0.3 is 5.97 Å². The normalized spacial score (nSPS) is 18.7. The number of hydrogen-bond acceptors (Lipinski definition) is 9. The van der Waals surface area contributed by atoms with Crippen molar-refractivity contribution in [3.8, 4) is 0 Å². The number of methoxy groups -OCH3 is 3. The maximum atomic E-state index is 14.6. The van der Waals surface area contributed by atoms with Crippen LogP contribution in [0.5, 0.6) is 0 Å². The van der Waals surface area contributed by atoms with E-state index >= 15 is 0 Å². The zero-order chi connectivity index (χ0) is 46.3. The molecule has 1 N–H and O–H groups in total. The minimum Gasteiger partial charge on any atom is -0.467 e. The maximum Gasteiger partial charge on any atom is 0.328 e. The first-order valence-electron chi connectivity index (χ1n) is 22.6. The number of likely N-dealkylation sites (tertiary alicyclic amines) is 1. The van der Waals surface area contributed by atoms with Gasteiger partial charge in [-0.15, -0.1) is 0 Å². The van der Waals surface area contributed by atoms with Crippen LogP contribution in [0.25, 0.3) is 0 Å². The average Bonchev–Trinajstić information content (AvgIpc) is 3.71. The van der Waals surface area contributed by atoms with Gasteiger partial charge in [0.2, 0.25) is 23.6 Å². The van der Waals surface area contributed by atoms with Crippen molar-refractivity contribution in [3.05, 3.63) is 35.9 Å². The monoisotopic (exact) mass is 857 g/mol. The second kappa shape index (κ2) is 25.3. The molecule has 346 valence electrons. The number of nitrogens with one attached hydrogen (secondary N) is 1. The standard InChI is InChI=1S/C48H80N4O9/c1-16-32(9)43(51(12)47(57)36(30(5)6)27-39(53)42(31(7)8)50(11)46(56)35(17-2)29(3)4)40(59-13)28-41(54)52-25-21-24-38(52)44(60-14)33(10)45(55)49-37(48(58)61-15)26-34-22-19-18-20-23-34/h18-20,22-23,29-33,35-38,40,42-44H,16-17,21,24-28H2,1-15H3,(H,49,55)/t32-,33+,35-,36-,37-,38-,40+,42-,43-,44+/m0/s1. The molecule has 1 heterocycles. The largest absolute Gasteiger partial charge is 0.467 e. The van der Waals surface area contributed by atoms with Crippen LogP contribution in [0.1, 0.15) is 113 Å². The molecule has 0 aliphatic carbocycles. The molecule has 13 heteroatoms. The predicted octanol–water partition coefficient (Wildman–Crippen LogP) is 6.20. The fraction of sp³-hybridized carbons (Fsp3) is 0.750. The van der Waals surface area contributed by atoms with Gasteiger partial charge < -0.3 is 34.2 Å². The summed E-state index contributed by atoms with van der Waals surface area (Å²) in [7, 11) is 7.80. The highest BCUT2D eigenvalue weighted by Crippen LogP contribution is 2.31. The van der Waals surface area contributed by atoms with Crippen molar-refractivity contribution in [2.75, 3.05) is 42.0 Å². The van der Waals surface area contributed by atoms with Crippen LogP contribution in [0, 0.1) is 41.4 Å². The molecule has 2 rings (SSSR count). The summed E-state index contributed by atoms with van der Waals surface area (Å²) < 4.78 is 17.0. The molecular weight excluding hydrogens is 777 g/mol. The third-order valence-electron chi connectivity index (χ3n) is 13.2. The molecule has 0 radical (unpaired) electrons. The highest BCUT2D eigenvalue weighted by atomic mass is 16.5. The Bertz CT molecular complexity index is 1570. The van der Waals surface area contributed by atoms with E-state index in [1.54, 1.807) is 42.8 Å². The number of carbonyl (C=O) groups is 6. The maximum absolute atomic E-state index is 14.6. The summed E-state index contributed by atoms with van der Waals surface area (Å²) in [6.07, 6.45) is 1.61. The van der Waals surface area contributed by atoms with Crippen LogP contribution in [0.3, 0.4) is 0 Å². The second-order valence-corrected chi connectivity index (χ2v) is 18.3. The number of ketones is 1. The smallest absolute Gasteiger partial charge is 0.328 e. The fourth-order valence-electron chi connectivity index (χ4n) is 9.37. The van der Waals surface area contributed by atoms with Crippen LogP contribution < -0.4 is 5.32 Å². The van der Waals surface area contributed by atoms with Gasteiger partial charge in [0.15, 0.2) is 5.78 Å². The second-order valence-electron chi connectivity index (χ2n) is 18.3. The van der Waals surface area contributed by atoms with Crippen molar-refractivity contribution < 1.29 is 43.0 Å². The number of ether oxygens (including phenoxy) is 3. The number of amides is 4. The van der Waals surface area contributed by atoms with Gasteiger partial charge in [-0.25, -0.2) is 4.79 Å². The molecule has 0 unspecified atom stereocenters. The van der Waals surface area contributed by atoms with Crippen molar-refractivity contribution in [1.82, 2.24) is 20.0 Å². The minimum absolute atomic E-state index is 0.0137. The molecule has 0 spiro atoms. The molecular formula is C48H80N4O9. The van der Waals surface area contributed by atoms with E-state index in [-0.39, 0.29) is 78.3 Å². The molecule has 1 aromatic rings. The Balaban J connectivity index is 2.33. The number of nitrogens with zero attached hydrogens (tertiary/aromatic N) is 3. The van der Waals surface area contributed by atoms with Crippen molar-refractivity contribution in [2.45, 2.75) is 151 Å². The van der Waals surface area contributed by atoms with Crippen LogP contribution in [0.15, 0.2) is 30.3 Å². The Morgan fingerprint density at radius 1 is 0.770 bits per heavy atom. The van der Waals surface area contributed by atoms with Gasteiger partial charge in [0.05, 0.1) is 49.8 Å². The van der Waals surface area contributed by atoms with E-state index in [0.717, 1.165) is 5.56 Å². The van der Waals surface area contributed by atoms with Gasteiger partial charge in [-0.2, -0.15) is 0 Å². The summed E-state index contributed by atoms with van der Waals surface area (Å²) in [6, 6.07) is 6.89. The van der Waals surface area contributed by atoms with Gasteiger partial charge in [0, 0.05) is 59.5 Å². The zero-order valence-electron chi connectivity index (χ0n) is 40.1. The quantitative estimate of drug-likeness (QED) is 0.113. The number of benzene rings is 1. The lowest BCUT2D eigenvalue weighted by Crippen LogP contribution is -2.55. The van der Waals surface area contributed by atoms with E-state index < -0.39 is 54.2 Å². The molecule has 0 aromatic heterocycles. The number of Topliss-reactive ketones (excluding diaryl/α,β-unsaturated/α-hetero) is 1. The molecule has 1 aliphatic rings. The number of esters is 1. The van der Waals surface area contributed by atoms with E-state index in [9.17, 15) is 28.8 Å². The summed E-state index contributed by atoms with van der Waals surface area (Å²) in [5.41, 5.74) is 0.869. The van der Waals surface area contributed by atoms with E-state index in [0.29, 0.717) is 32.2 Å². The lowest BCUT2D eigenvalue weighted by molar-refractivity contribution is -0.150. The minimum atomic E-state index is -0.903. The van der Waals surface area contributed by atoms with Crippen LogP contribution in [-0.4, -0.2) is 128 Å². The van der Waals surface area contributed by atoms with E-state index in [2.05, 4.69) is 5.32 Å². The molecule has 1 fully saturated rings. The molecule has 0 bridgehead atoms. The number of carbonyl (C=O) groups excluding carboxylic acids is 6. The lowest BCUT2D eigenvalue weighted by atomic mass is 9.83. The Kier molecular flexibility index (Phi) is 22.1. The topological polar surface area (TPSA) is 152 Å². The van der Waals surface area contributed by atoms with Crippen LogP contribution >= 0.6 is 0 Å². The molecule has 1 aromatic carbocycles. The first-order chi connectivity index (χ1) is 28.7.